The summed E-state index contributed by atoms with van der Waals surface area (Å²) in [6.45, 7) is 4.85. The summed E-state index contributed by atoms with van der Waals surface area (Å²) >= 11 is 5.30. The van der Waals surface area contributed by atoms with Gasteiger partial charge in [0.05, 0.1) is 13.7 Å². The van der Waals surface area contributed by atoms with Gasteiger partial charge in [-0.15, -0.1) is 0 Å². The van der Waals surface area contributed by atoms with Crippen molar-refractivity contribution >= 4 is 24.0 Å². The average molecular weight is 470 g/mol. The van der Waals surface area contributed by atoms with Crippen molar-refractivity contribution in [2.45, 2.75) is 33.2 Å². The highest BCUT2D eigenvalue weighted by atomic mass is 32.1. The number of rotatable bonds is 9. The number of carbonyl (C=O) groups excluding carboxylic acids is 2. The van der Waals surface area contributed by atoms with E-state index in [1.165, 1.54) is 7.11 Å². The van der Waals surface area contributed by atoms with Crippen LogP contribution in [0.4, 0.5) is 0 Å². The number of benzene rings is 2. The smallest absolute Gasteiger partial charge is 0.269 e. The van der Waals surface area contributed by atoms with Crippen LogP contribution in [0.2, 0.25) is 0 Å². The van der Waals surface area contributed by atoms with Gasteiger partial charge in [-0.05, 0) is 43.8 Å². The predicted octanol–water partition coefficient (Wildman–Crippen LogP) is 3.56. The molecular weight excluding hydrogens is 442 g/mol. The Labute approximate surface area is 197 Å². The Bertz CT molecular complexity index is 1170. The molecule has 174 valence electrons. The summed E-state index contributed by atoms with van der Waals surface area (Å²) in [4.78, 5) is 24.8. The first-order chi connectivity index (χ1) is 15.9. The Balaban J connectivity index is 1.57. The molecule has 0 bridgehead atoms. The van der Waals surface area contributed by atoms with Gasteiger partial charge in [0.25, 0.3) is 5.91 Å². The standard InChI is InChI=1S/C23H27N5O4S/c1-4-13-32-18-10-9-17(14-19(18)31-3)22(30)26-24-20(29)11-12-28-21(25-27-23(28)33)16-7-5-15(2)6-8-16/h5-10,14H,4,11-13H2,1-3H3,(H,24,29)(H,26,30)(H,27,33). The third-order valence-corrected chi connectivity index (χ3v) is 5.15. The number of H-pyrrole nitrogens is 1. The number of nitrogens with zero attached hydrogens (tertiary/aromatic N) is 2. The molecule has 3 N–H and O–H groups in total. The van der Waals surface area contributed by atoms with E-state index in [1.807, 2.05) is 38.1 Å². The van der Waals surface area contributed by atoms with E-state index in [0.29, 0.717) is 40.8 Å². The Kier molecular flexibility index (Phi) is 8.20. The van der Waals surface area contributed by atoms with Gasteiger partial charge in [-0.3, -0.25) is 30.1 Å². The number of hydrogen-bond donors (Lipinski definition) is 3. The molecule has 0 unspecified atom stereocenters. The van der Waals surface area contributed by atoms with Gasteiger partial charge in [-0.2, -0.15) is 5.10 Å². The van der Waals surface area contributed by atoms with Crippen molar-refractivity contribution in [2.24, 2.45) is 0 Å². The van der Waals surface area contributed by atoms with E-state index in [4.69, 9.17) is 21.7 Å². The number of aryl methyl sites for hydroxylation is 1. The minimum Gasteiger partial charge on any atom is -0.493 e. The van der Waals surface area contributed by atoms with Crippen LogP contribution < -0.4 is 20.3 Å². The third-order valence-electron chi connectivity index (χ3n) is 4.83. The van der Waals surface area contributed by atoms with Gasteiger partial charge in [0.2, 0.25) is 5.91 Å². The van der Waals surface area contributed by atoms with Gasteiger partial charge in [-0.25, -0.2) is 0 Å². The van der Waals surface area contributed by atoms with Crippen LogP contribution in [-0.4, -0.2) is 40.3 Å². The molecule has 3 rings (SSSR count). The SMILES string of the molecule is CCCOc1ccc(C(=O)NNC(=O)CCn2c(-c3ccc(C)cc3)n[nH]c2=S)cc1OC. The molecular formula is C23H27N5O4S. The maximum Gasteiger partial charge on any atom is 0.269 e. The lowest BCUT2D eigenvalue weighted by Crippen LogP contribution is -2.41. The molecule has 0 fully saturated rings. The van der Waals surface area contributed by atoms with Gasteiger partial charge in [0, 0.05) is 24.1 Å². The number of ether oxygens (including phenoxy) is 2. The highest BCUT2D eigenvalue weighted by molar-refractivity contribution is 7.71. The van der Waals surface area contributed by atoms with Gasteiger partial charge < -0.3 is 9.47 Å². The summed E-state index contributed by atoms with van der Waals surface area (Å²) in [5.41, 5.74) is 7.20. The fourth-order valence-corrected chi connectivity index (χ4v) is 3.29. The van der Waals surface area contributed by atoms with Gasteiger partial charge in [-0.1, -0.05) is 36.8 Å². The van der Waals surface area contributed by atoms with Crippen LogP contribution in [0.15, 0.2) is 42.5 Å². The van der Waals surface area contributed by atoms with E-state index in [9.17, 15) is 9.59 Å². The van der Waals surface area contributed by atoms with Crippen molar-refractivity contribution in [1.82, 2.24) is 25.6 Å². The van der Waals surface area contributed by atoms with Crippen LogP contribution in [0.5, 0.6) is 11.5 Å². The maximum atomic E-state index is 12.4. The quantitative estimate of drug-likeness (QED) is 0.326. The van der Waals surface area contributed by atoms with Crippen molar-refractivity contribution in [3.05, 3.63) is 58.4 Å². The summed E-state index contributed by atoms with van der Waals surface area (Å²) in [5, 5.41) is 7.04. The number of hydrogen-bond acceptors (Lipinski definition) is 6. The molecule has 33 heavy (non-hydrogen) atoms. The van der Waals surface area contributed by atoms with Crippen LogP contribution in [0.1, 0.15) is 35.7 Å². The average Bonchev–Trinajstić information content (AvgIpc) is 3.20. The fraction of sp³-hybridized carbons (Fsp3) is 0.304. The molecule has 0 spiro atoms. The van der Waals surface area contributed by atoms with Crippen molar-refractivity contribution in [3.8, 4) is 22.9 Å². The number of aromatic nitrogens is 3. The largest absolute Gasteiger partial charge is 0.493 e. The fourth-order valence-electron chi connectivity index (χ4n) is 3.06. The van der Waals surface area contributed by atoms with Crippen molar-refractivity contribution in [1.29, 1.82) is 0 Å². The van der Waals surface area contributed by atoms with Crippen LogP contribution in [0, 0.1) is 11.7 Å². The van der Waals surface area contributed by atoms with Gasteiger partial charge in [0.15, 0.2) is 22.1 Å². The summed E-state index contributed by atoms with van der Waals surface area (Å²) in [7, 11) is 1.50. The first kappa shape index (κ1) is 24.0. The second-order valence-electron chi connectivity index (χ2n) is 7.34. The zero-order chi connectivity index (χ0) is 23.8. The minimum atomic E-state index is -0.469. The Morgan fingerprint density at radius 2 is 1.88 bits per heavy atom. The molecule has 10 heteroatoms. The molecule has 1 heterocycles. The van der Waals surface area contributed by atoms with Crippen LogP contribution in [0.3, 0.4) is 0 Å². The number of aromatic amines is 1. The molecule has 9 nitrogen and oxygen atoms in total. The molecule has 0 aliphatic rings. The van der Waals surface area contributed by atoms with Gasteiger partial charge >= 0.3 is 0 Å². The zero-order valence-electron chi connectivity index (χ0n) is 18.8. The molecule has 0 aliphatic heterocycles. The Morgan fingerprint density at radius 3 is 2.58 bits per heavy atom. The molecule has 0 saturated heterocycles. The molecule has 2 amide bonds. The Hall–Kier alpha value is -3.66. The zero-order valence-corrected chi connectivity index (χ0v) is 19.6. The third kappa shape index (κ3) is 6.19. The molecule has 3 aromatic rings. The Morgan fingerprint density at radius 1 is 1.12 bits per heavy atom. The molecule has 0 saturated carbocycles. The lowest BCUT2D eigenvalue weighted by atomic mass is 10.1. The van der Waals surface area contributed by atoms with Crippen molar-refractivity contribution < 1.29 is 19.1 Å². The maximum absolute atomic E-state index is 12.4. The summed E-state index contributed by atoms with van der Waals surface area (Å²) in [5.74, 6) is 0.816. The van der Waals surface area contributed by atoms with Crippen molar-refractivity contribution in [2.75, 3.05) is 13.7 Å². The van der Waals surface area contributed by atoms with Crippen LogP contribution in [0.25, 0.3) is 11.4 Å². The number of amides is 2. The van der Waals surface area contributed by atoms with Crippen LogP contribution in [-0.2, 0) is 11.3 Å². The molecule has 1 aromatic heterocycles. The summed E-state index contributed by atoms with van der Waals surface area (Å²) in [6, 6.07) is 12.7. The van der Waals surface area contributed by atoms with E-state index in [2.05, 4.69) is 21.0 Å². The van der Waals surface area contributed by atoms with E-state index >= 15 is 0 Å². The lowest BCUT2D eigenvalue weighted by Gasteiger charge is -2.12. The highest BCUT2D eigenvalue weighted by Crippen LogP contribution is 2.28. The number of carbonyl (C=O) groups is 2. The van der Waals surface area contributed by atoms with Gasteiger partial charge in [0.1, 0.15) is 0 Å². The first-order valence-electron chi connectivity index (χ1n) is 10.5. The van der Waals surface area contributed by atoms with E-state index in [1.54, 1.807) is 22.8 Å². The number of nitrogens with one attached hydrogen (secondary N) is 3. The first-order valence-corrected chi connectivity index (χ1v) is 11.0. The van der Waals surface area contributed by atoms with E-state index < -0.39 is 5.91 Å². The lowest BCUT2D eigenvalue weighted by molar-refractivity contribution is -0.122. The molecule has 0 atom stereocenters. The normalized spacial score (nSPS) is 10.5. The topological polar surface area (TPSA) is 110 Å². The van der Waals surface area contributed by atoms with E-state index in [0.717, 1.165) is 17.5 Å². The van der Waals surface area contributed by atoms with E-state index in [-0.39, 0.29) is 12.3 Å². The second-order valence-corrected chi connectivity index (χ2v) is 7.72. The number of methoxy groups -OCH3 is 1. The number of hydrazine groups is 1. The van der Waals surface area contributed by atoms with Crippen LogP contribution >= 0.6 is 12.2 Å². The molecule has 0 radical (unpaired) electrons. The molecule has 0 aliphatic carbocycles. The minimum absolute atomic E-state index is 0.0973. The summed E-state index contributed by atoms with van der Waals surface area (Å²) in [6.07, 6.45) is 0.952. The monoisotopic (exact) mass is 469 g/mol. The second kappa shape index (κ2) is 11.3. The summed E-state index contributed by atoms with van der Waals surface area (Å²) < 4.78 is 13.0. The highest BCUT2D eigenvalue weighted by Gasteiger charge is 2.14. The van der Waals surface area contributed by atoms with Crippen molar-refractivity contribution in [3.63, 3.8) is 0 Å². The predicted molar refractivity (Wildman–Crippen MR) is 127 cm³/mol. The molecule has 2 aromatic carbocycles.